The number of aromatic nitrogens is 2. The third-order valence-corrected chi connectivity index (χ3v) is 2.85. The van der Waals surface area contributed by atoms with E-state index in [1.54, 1.807) is 24.7 Å². The molecular weight excluding hydrogens is 264 g/mol. The summed E-state index contributed by atoms with van der Waals surface area (Å²) in [5.74, 6) is 0. The van der Waals surface area contributed by atoms with E-state index < -0.39 is 0 Å². The number of H-pyrrole nitrogens is 1. The fourth-order valence-corrected chi connectivity index (χ4v) is 1.71. The van der Waals surface area contributed by atoms with Gasteiger partial charge < -0.3 is 15.6 Å². The van der Waals surface area contributed by atoms with E-state index in [9.17, 15) is 4.79 Å². The molecule has 6 heteroatoms. The van der Waals surface area contributed by atoms with Crippen LogP contribution in [0.2, 0.25) is 5.02 Å². The number of hydrogen-bond acceptors (Lipinski definition) is 2. The van der Waals surface area contributed by atoms with Gasteiger partial charge in [-0.05, 0) is 17.7 Å². The summed E-state index contributed by atoms with van der Waals surface area (Å²) in [5, 5.41) is 6.25. The first-order valence-electron chi connectivity index (χ1n) is 5.97. The minimum absolute atomic E-state index is 0.186. The van der Waals surface area contributed by atoms with Crippen LogP contribution >= 0.6 is 11.6 Å². The lowest BCUT2D eigenvalue weighted by Gasteiger charge is -2.07. The standard InChI is InChI=1S/C13H15ClN4O/c14-11-3-1-10(2-4-11)7-17-13(19)16-6-5-12-8-15-9-18-12/h1-4,8-9H,5-7H2,(H,15,18)(H2,16,17,19). The highest BCUT2D eigenvalue weighted by atomic mass is 35.5. The lowest BCUT2D eigenvalue weighted by atomic mass is 10.2. The van der Waals surface area contributed by atoms with Gasteiger partial charge in [-0.3, -0.25) is 0 Å². The fourth-order valence-electron chi connectivity index (χ4n) is 1.58. The summed E-state index contributed by atoms with van der Waals surface area (Å²) in [5.41, 5.74) is 2.01. The summed E-state index contributed by atoms with van der Waals surface area (Å²) in [6.45, 7) is 1.04. The van der Waals surface area contributed by atoms with Crippen LogP contribution in [-0.2, 0) is 13.0 Å². The molecule has 1 aromatic carbocycles. The first-order chi connectivity index (χ1) is 9.24. The summed E-state index contributed by atoms with van der Waals surface area (Å²) in [6.07, 6.45) is 4.09. The van der Waals surface area contributed by atoms with E-state index in [4.69, 9.17) is 11.6 Å². The van der Waals surface area contributed by atoms with Crippen LogP contribution < -0.4 is 10.6 Å². The second-order valence-electron chi connectivity index (χ2n) is 4.06. The van der Waals surface area contributed by atoms with Crippen molar-refractivity contribution in [2.24, 2.45) is 0 Å². The van der Waals surface area contributed by atoms with Gasteiger partial charge in [-0.15, -0.1) is 0 Å². The van der Waals surface area contributed by atoms with E-state index >= 15 is 0 Å². The predicted octanol–water partition coefficient (Wildman–Crippen LogP) is 2.10. The van der Waals surface area contributed by atoms with E-state index in [0.29, 0.717) is 18.1 Å². The Morgan fingerprint density at radius 1 is 1.26 bits per heavy atom. The summed E-state index contributed by atoms with van der Waals surface area (Å²) in [4.78, 5) is 18.4. The number of benzene rings is 1. The number of halogens is 1. The van der Waals surface area contributed by atoms with Crippen LogP contribution in [0.1, 0.15) is 11.3 Å². The van der Waals surface area contributed by atoms with Gasteiger partial charge in [0.15, 0.2) is 0 Å². The highest BCUT2D eigenvalue weighted by Crippen LogP contribution is 2.08. The highest BCUT2D eigenvalue weighted by molar-refractivity contribution is 6.30. The summed E-state index contributed by atoms with van der Waals surface area (Å²) in [7, 11) is 0. The summed E-state index contributed by atoms with van der Waals surface area (Å²) in [6, 6.07) is 7.18. The van der Waals surface area contributed by atoms with Crippen LogP contribution in [0.15, 0.2) is 36.8 Å². The topological polar surface area (TPSA) is 69.8 Å². The van der Waals surface area contributed by atoms with E-state index in [1.807, 2.05) is 12.1 Å². The van der Waals surface area contributed by atoms with Gasteiger partial charge >= 0.3 is 6.03 Å². The van der Waals surface area contributed by atoms with Crippen molar-refractivity contribution < 1.29 is 4.79 Å². The Hall–Kier alpha value is -2.01. The number of nitrogens with zero attached hydrogens (tertiary/aromatic N) is 1. The molecule has 0 spiro atoms. The molecule has 0 aliphatic heterocycles. The van der Waals surface area contributed by atoms with Gasteiger partial charge in [-0.1, -0.05) is 23.7 Å². The van der Waals surface area contributed by atoms with Gasteiger partial charge in [0, 0.05) is 36.4 Å². The van der Waals surface area contributed by atoms with Gasteiger partial charge in [0.1, 0.15) is 0 Å². The molecule has 0 saturated heterocycles. The maximum atomic E-state index is 11.5. The van der Waals surface area contributed by atoms with Crippen LogP contribution in [0.25, 0.3) is 0 Å². The molecule has 5 nitrogen and oxygen atoms in total. The zero-order chi connectivity index (χ0) is 13.5. The van der Waals surface area contributed by atoms with Gasteiger partial charge in [0.05, 0.1) is 6.33 Å². The molecule has 19 heavy (non-hydrogen) atoms. The highest BCUT2D eigenvalue weighted by Gasteiger charge is 2.00. The Kier molecular flexibility index (Phi) is 4.80. The third kappa shape index (κ3) is 4.63. The molecule has 0 bridgehead atoms. The number of imidazole rings is 1. The van der Waals surface area contributed by atoms with Crippen LogP contribution in [-0.4, -0.2) is 22.5 Å². The molecule has 0 aliphatic rings. The average molecular weight is 279 g/mol. The molecule has 2 rings (SSSR count). The largest absolute Gasteiger partial charge is 0.348 e. The number of urea groups is 1. The normalized spacial score (nSPS) is 10.2. The molecule has 1 aromatic heterocycles. The van der Waals surface area contributed by atoms with Crippen molar-refractivity contribution in [3.8, 4) is 0 Å². The van der Waals surface area contributed by atoms with Crippen molar-refractivity contribution >= 4 is 17.6 Å². The van der Waals surface area contributed by atoms with Crippen LogP contribution in [0.5, 0.6) is 0 Å². The molecule has 0 atom stereocenters. The molecule has 3 N–H and O–H groups in total. The number of aromatic amines is 1. The van der Waals surface area contributed by atoms with Crippen molar-refractivity contribution in [2.45, 2.75) is 13.0 Å². The van der Waals surface area contributed by atoms with Crippen LogP contribution in [0, 0.1) is 0 Å². The van der Waals surface area contributed by atoms with Crippen molar-refractivity contribution in [1.29, 1.82) is 0 Å². The monoisotopic (exact) mass is 278 g/mol. The molecule has 0 fully saturated rings. The lowest BCUT2D eigenvalue weighted by molar-refractivity contribution is 0.240. The Labute approximate surface area is 116 Å². The minimum Gasteiger partial charge on any atom is -0.348 e. The summed E-state index contributed by atoms with van der Waals surface area (Å²) >= 11 is 5.78. The second-order valence-corrected chi connectivity index (χ2v) is 4.50. The number of amides is 2. The maximum absolute atomic E-state index is 11.5. The quantitative estimate of drug-likeness (QED) is 0.784. The Morgan fingerprint density at radius 3 is 2.74 bits per heavy atom. The third-order valence-electron chi connectivity index (χ3n) is 2.60. The predicted molar refractivity (Wildman–Crippen MR) is 74.0 cm³/mol. The molecule has 0 radical (unpaired) electrons. The van der Waals surface area contributed by atoms with Crippen molar-refractivity contribution in [1.82, 2.24) is 20.6 Å². The molecular formula is C13H15ClN4O. The van der Waals surface area contributed by atoms with E-state index in [0.717, 1.165) is 17.7 Å². The molecule has 0 saturated carbocycles. The Balaban J connectivity index is 1.65. The number of nitrogens with one attached hydrogen (secondary N) is 3. The van der Waals surface area contributed by atoms with Crippen molar-refractivity contribution in [2.75, 3.05) is 6.54 Å². The molecule has 0 aliphatic carbocycles. The zero-order valence-corrected chi connectivity index (χ0v) is 11.1. The second kappa shape index (κ2) is 6.80. The first-order valence-corrected chi connectivity index (χ1v) is 6.35. The van der Waals surface area contributed by atoms with Crippen LogP contribution in [0.3, 0.4) is 0 Å². The summed E-state index contributed by atoms with van der Waals surface area (Å²) < 4.78 is 0. The number of carbonyl (C=O) groups excluding carboxylic acids is 1. The Morgan fingerprint density at radius 2 is 2.05 bits per heavy atom. The molecule has 100 valence electrons. The number of rotatable bonds is 5. The van der Waals surface area contributed by atoms with E-state index in [2.05, 4.69) is 20.6 Å². The van der Waals surface area contributed by atoms with Gasteiger partial charge in [0.25, 0.3) is 0 Å². The van der Waals surface area contributed by atoms with E-state index in [-0.39, 0.29) is 6.03 Å². The van der Waals surface area contributed by atoms with Crippen molar-refractivity contribution in [3.05, 3.63) is 53.1 Å². The lowest BCUT2D eigenvalue weighted by Crippen LogP contribution is -2.36. The minimum atomic E-state index is -0.186. The molecule has 2 amide bonds. The number of hydrogen-bond donors (Lipinski definition) is 3. The molecule has 2 aromatic rings. The van der Waals surface area contributed by atoms with Gasteiger partial charge in [-0.25, -0.2) is 9.78 Å². The smallest absolute Gasteiger partial charge is 0.315 e. The Bertz CT molecular complexity index is 510. The van der Waals surface area contributed by atoms with Gasteiger partial charge in [-0.2, -0.15) is 0 Å². The van der Waals surface area contributed by atoms with E-state index in [1.165, 1.54) is 0 Å². The molecule has 0 unspecified atom stereocenters. The molecule has 1 heterocycles. The van der Waals surface area contributed by atoms with Gasteiger partial charge in [0.2, 0.25) is 0 Å². The first kappa shape index (κ1) is 13.4. The average Bonchev–Trinajstić information content (AvgIpc) is 2.91. The fraction of sp³-hybridized carbons (Fsp3) is 0.231. The maximum Gasteiger partial charge on any atom is 0.315 e. The SMILES string of the molecule is O=C(NCCc1cnc[nH]1)NCc1ccc(Cl)cc1. The van der Waals surface area contributed by atoms with Crippen LogP contribution in [0.4, 0.5) is 4.79 Å². The number of carbonyl (C=O) groups is 1. The van der Waals surface area contributed by atoms with Crippen molar-refractivity contribution in [3.63, 3.8) is 0 Å². The zero-order valence-electron chi connectivity index (χ0n) is 10.3.